The Labute approximate surface area is 202 Å². The van der Waals surface area contributed by atoms with E-state index in [-0.39, 0.29) is 4.90 Å². The predicted molar refractivity (Wildman–Crippen MR) is 135 cm³/mol. The van der Waals surface area contributed by atoms with Crippen molar-refractivity contribution in [2.75, 3.05) is 17.1 Å². The molecular formula is C25H22N6O3S. The predicted octanol–water partition coefficient (Wildman–Crippen LogP) is 4.88. The van der Waals surface area contributed by atoms with E-state index in [1.54, 1.807) is 42.7 Å². The van der Waals surface area contributed by atoms with Crippen LogP contribution in [0.15, 0.2) is 84.1 Å². The fourth-order valence-corrected chi connectivity index (χ4v) is 4.72. The van der Waals surface area contributed by atoms with E-state index in [4.69, 9.17) is 9.72 Å². The van der Waals surface area contributed by atoms with Gasteiger partial charge in [0.15, 0.2) is 0 Å². The van der Waals surface area contributed by atoms with Gasteiger partial charge in [-0.05, 0) is 73.2 Å². The third kappa shape index (κ3) is 4.64. The highest BCUT2D eigenvalue weighted by atomic mass is 32.2. The number of H-pyrrole nitrogens is 1. The Hall–Kier alpha value is -4.44. The van der Waals surface area contributed by atoms with Crippen LogP contribution in [0.25, 0.3) is 22.3 Å². The Morgan fingerprint density at radius 3 is 2.54 bits per heavy atom. The van der Waals surface area contributed by atoms with Crippen LogP contribution < -0.4 is 14.8 Å². The SMILES string of the molecule is COc1ccc(S(=O)(=O)Nc2ccc(Nc3nc(-c4cccnc4)c4[nH]ccc4n3)c(C)c2)cc1. The number of rotatable bonds is 7. The molecule has 0 bridgehead atoms. The molecule has 0 radical (unpaired) electrons. The van der Waals surface area contributed by atoms with Gasteiger partial charge in [-0.25, -0.2) is 18.4 Å². The minimum absolute atomic E-state index is 0.147. The fourth-order valence-electron chi connectivity index (χ4n) is 3.67. The highest BCUT2D eigenvalue weighted by Gasteiger charge is 2.16. The van der Waals surface area contributed by atoms with E-state index in [0.717, 1.165) is 33.5 Å². The van der Waals surface area contributed by atoms with Gasteiger partial charge in [-0.15, -0.1) is 0 Å². The molecule has 0 aliphatic heterocycles. The van der Waals surface area contributed by atoms with Crippen molar-refractivity contribution in [3.63, 3.8) is 0 Å². The first-order valence-electron chi connectivity index (χ1n) is 10.7. The van der Waals surface area contributed by atoms with E-state index >= 15 is 0 Å². The van der Waals surface area contributed by atoms with Crippen LogP contribution in [0.4, 0.5) is 17.3 Å². The number of nitrogens with one attached hydrogen (secondary N) is 3. The zero-order valence-electron chi connectivity index (χ0n) is 19.0. The summed E-state index contributed by atoms with van der Waals surface area (Å²) in [5, 5.41) is 3.25. The second-order valence-electron chi connectivity index (χ2n) is 7.81. The van der Waals surface area contributed by atoms with Crippen molar-refractivity contribution >= 4 is 38.4 Å². The molecule has 0 saturated carbocycles. The maximum Gasteiger partial charge on any atom is 0.261 e. The number of sulfonamides is 1. The molecule has 9 nitrogen and oxygen atoms in total. The van der Waals surface area contributed by atoms with Gasteiger partial charge >= 0.3 is 0 Å². The number of pyridine rings is 1. The Bertz CT molecular complexity index is 1600. The molecule has 0 aliphatic carbocycles. The van der Waals surface area contributed by atoms with Crippen molar-refractivity contribution in [3.05, 3.63) is 84.8 Å². The quantitative estimate of drug-likeness (QED) is 0.300. The number of benzene rings is 2. The summed E-state index contributed by atoms with van der Waals surface area (Å²) >= 11 is 0. The van der Waals surface area contributed by atoms with Crippen molar-refractivity contribution in [1.82, 2.24) is 19.9 Å². The molecule has 3 N–H and O–H groups in total. The zero-order chi connectivity index (χ0) is 24.4. The monoisotopic (exact) mass is 486 g/mol. The van der Waals surface area contributed by atoms with E-state index < -0.39 is 10.0 Å². The molecule has 3 aromatic heterocycles. The lowest BCUT2D eigenvalue weighted by atomic mass is 10.1. The molecule has 10 heteroatoms. The third-order valence-electron chi connectivity index (χ3n) is 5.44. The zero-order valence-corrected chi connectivity index (χ0v) is 19.8. The van der Waals surface area contributed by atoms with Crippen molar-refractivity contribution in [2.24, 2.45) is 0 Å². The molecule has 0 aliphatic rings. The molecule has 0 saturated heterocycles. The number of ether oxygens (including phenoxy) is 1. The van der Waals surface area contributed by atoms with Gasteiger partial charge in [0, 0.05) is 35.5 Å². The van der Waals surface area contributed by atoms with Crippen LogP contribution in [-0.4, -0.2) is 35.5 Å². The molecule has 35 heavy (non-hydrogen) atoms. The van der Waals surface area contributed by atoms with Gasteiger partial charge in [-0.2, -0.15) is 0 Å². The highest BCUT2D eigenvalue weighted by molar-refractivity contribution is 7.92. The van der Waals surface area contributed by atoms with Gasteiger partial charge in [0.2, 0.25) is 5.95 Å². The molecule has 0 spiro atoms. The van der Waals surface area contributed by atoms with Crippen molar-refractivity contribution < 1.29 is 13.2 Å². The van der Waals surface area contributed by atoms with Gasteiger partial charge in [-0.3, -0.25) is 9.71 Å². The molecule has 0 atom stereocenters. The van der Waals surface area contributed by atoms with E-state index in [1.165, 1.54) is 19.2 Å². The van der Waals surface area contributed by atoms with Crippen molar-refractivity contribution in [1.29, 1.82) is 0 Å². The van der Waals surface area contributed by atoms with Crippen LogP contribution >= 0.6 is 0 Å². The van der Waals surface area contributed by atoms with Crippen LogP contribution in [0.5, 0.6) is 5.75 Å². The normalized spacial score (nSPS) is 11.4. The summed E-state index contributed by atoms with van der Waals surface area (Å²) in [5.41, 5.74) is 5.21. The first-order valence-corrected chi connectivity index (χ1v) is 12.2. The van der Waals surface area contributed by atoms with Gasteiger partial charge < -0.3 is 15.0 Å². The van der Waals surface area contributed by atoms with E-state index in [9.17, 15) is 8.42 Å². The van der Waals surface area contributed by atoms with Crippen molar-refractivity contribution in [2.45, 2.75) is 11.8 Å². The maximum atomic E-state index is 12.8. The molecular weight excluding hydrogens is 464 g/mol. The van der Waals surface area contributed by atoms with Gasteiger partial charge in [-0.1, -0.05) is 0 Å². The summed E-state index contributed by atoms with van der Waals surface area (Å²) < 4.78 is 33.2. The van der Waals surface area contributed by atoms with E-state index in [2.05, 4.69) is 25.0 Å². The number of aromatic nitrogens is 4. The average Bonchev–Trinajstić information content (AvgIpc) is 3.34. The lowest BCUT2D eigenvalue weighted by molar-refractivity contribution is 0.414. The van der Waals surface area contributed by atoms with Gasteiger partial charge in [0.1, 0.15) is 11.4 Å². The van der Waals surface area contributed by atoms with Crippen LogP contribution in [0.2, 0.25) is 0 Å². The average molecular weight is 487 g/mol. The first-order chi connectivity index (χ1) is 16.9. The number of aromatic amines is 1. The fraction of sp³-hybridized carbons (Fsp3) is 0.0800. The first kappa shape index (κ1) is 22.4. The largest absolute Gasteiger partial charge is 0.497 e. The minimum Gasteiger partial charge on any atom is -0.497 e. The number of nitrogens with zero attached hydrogens (tertiary/aromatic N) is 3. The number of aryl methyl sites for hydroxylation is 1. The summed E-state index contributed by atoms with van der Waals surface area (Å²) in [6.45, 7) is 1.88. The number of anilines is 3. The number of methoxy groups -OCH3 is 1. The maximum absolute atomic E-state index is 12.8. The standard InChI is InChI=1S/C25H22N6O3S/c1-16-14-18(31-35(32,33)20-8-6-19(34-2)7-9-20)5-10-21(16)28-25-29-22-11-13-27-24(22)23(30-25)17-4-3-12-26-15-17/h3-15,27,31H,1-2H3,(H,28,29,30). The summed E-state index contributed by atoms with van der Waals surface area (Å²) in [4.78, 5) is 16.8. The summed E-state index contributed by atoms with van der Waals surface area (Å²) in [5.74, 6) is 1.01. The lowest BCUT2D eigenvalue weighted by Crippen LogP contribution is -2.13. The second-order valence-corrected chi connectivity index (χ2v) is 9.49. The summed E-state index contributed by atoms with van der Waals surface area (Å²) in [7, 11) is -2.21. The summed E-state index contributed by atoms with van der Waals surface area (Å²) in [6, 6.07) is 17.1. The minimum atomic E-state index is -3.74. The smallest absolute Gasteiger partial charge is 0.261 e. The van der Waals surface area contributed by atoms with Crippen LogP contribution in [0, 0.1) is 6.92 Å². The molecule has 0 amide bonds. The molecule has 5 aromatic rings. The molecule has 0 unspecified atom stereocenters. The van der Waals surface area contributed by atoms with Gasteiger partial charge in [0.05, 0.1) is 23.0 Å². The van der Waals surface area contributed by atoms with Crippen LogP contribution in [0.1, 0.15) is 5.56 Å². The molecule has 5 rings (SSSR count). The van der Waals surface area contributed by atoms with Crippen molar-refractivity contribution in [3.8, 4) is 17.0 Å². The number of fused-ring (bicyclic) bond motifs is 1. The lowest BCUT2D eigenvalue weighted by Gasteiger charge is -2.13. The molecule has 3 heterocycles. The van der Waals surface area contributed by atoms with E-state index in [0.29, 0.717) is 17.4 Å². The third-order valence-corrected chi connectivity index (χ3v) is 6.83. The second kappa shape index (κ2) is 9.07. The Morgan fingerprint density at radius 2 is 1.83 bits per heavy atom. The number of hydrogen-bond donors (Lipinski definition) is 3. The molecule has 2 aromatic carbocycles. The van der Waals surface area contributed by atoms with E-state index in [1.807, 2.05) is 31.3 Å². The number of hydrogen-bond acceptors (Lipinski definition) is 7. The summed E-state index contributed by atoms with van der Waals surface area (Å²) in [6.07, 6.45) is 5.28. The Balaban J connectivity index is 1.40. The molecule has 0 fully saturated rings. The topological polar surface area (TPSA) is 122 Å². The Kier molecular flexibility index (Phi) is 5.79. The Morgan fingerprint density at radius 1 is 1.00 bits per heavy atom. The van der Waals surface area contributed by atoms with Crippen LogP contribution in [0.3, 0.4) is 0 Å². The molecule has 176 valence electrons. The van der Waals surface area contributed by atoms with Gasteiger partial charge in [0.25, 0.3) is 10.0 Å². The highest BCUT2D eigenvalue weighted by Crippen LogP contribution is 2.29. The van der Waals surface area contributed by atoms with Crippen LogP contribution in [-0.2, 0) is 10.0 Å².